The molecule has 3 aromatic rings. The number of thiocarbonyl (C=S) groups is 1. The maximum absolute atomic E-state index is 5.34. The van der Waals surface area contributed by atoms with Crippen molar-refractivity contribution in [1.82, 2.24) is 9.99 Å². The van der Waals surface area contributed by atoms with E-state index in [1.807, 2.05) is 30.5 Å². The summed E-state index contributed by atoms with van der Waals surface area (Å²) < 4.78 is 2.15. The number of nitrogens with one attached hydrogen (secondary N) is 2. The summed E-state index contributed by atoms with van der Waals surface area (Å²) in [7, 11) is 0. The molecule has 1 heterocycles. The first-order chi connectivity index (χ1) is 13.0. The largest absolute Gasteiger partial charge is 0.342 e. The van der Waals surface area contributed by atoms with Crippen LogP contribution in [0.25, 0.3) is 0 Å². The van der Waals surface area contributed by atoms with E-state index in [1.54, 1.807) is 6.21 Å². The lowest BCUT2D eigenvalue weighted by Crippen LogP contribution is -2.24. The van der Waals surface area contributed by atoms with Crippen molar-refractivity contribution >= 4 is 29.2 Å². The van der Waals surface area contributed by atoms with E-state index in [1.165, 1.54) is 22.3 Å². The molecule has 138 valence electrons. The fraction of sp³-hybridized carbons (Fsp3) is 0.182. The molecular weight excluding hydrogens is 352 g/mol. The lowest BCUT2D eigenvalue weighted by atomic mass is 10.1. The van der Waals surface area contributed by atoms with Gasteiger partial charge in [0.2, 0.25) is 0 Å². The van der Waals surface area contributed by atoms with Gasteiger partial charge in [0.05, 0.1) is 11.9 Å². The van der Waals surface area contributed by atoms with Gasteiger partial charge in [0.25, 0.3) is 0 Å². The molecular formula is C22H24N4S. The molecule has 2 aromatic carbocycles. The van der Waals surface area contributed by atoms with Gasteiger partial charge in [-0.3, -0.25) is 5.43 Å². The number of anilines is 1. The second-order valence-electron chi connectivity index (χ2n) is 6.62. The van der Waals surface area contributed by atoms with Crippen molar-refractivity contribution in [3.8, 4) is 0 Å². The molecule has 0 spiro atoms. The summed E-state index contributed by atoms with van der Waals surface area (Å²) in [5, 5.41) is 7.94. The zero-order valence-corrected chi connectivity index (χ0v) is 16.7. The van der Waals surface area contributed by atoms with Crippen molar-refractivity contribution in [3.63, 3.8) is 0 Å². The normalized spacial score (nSPS) is 10.9. The van der Waals surface area contributed by atoms with Crippen LogP contribution in [0.4, 0.5) is 5.69 Å². The van der Waals surface area contributed by atoms with Gasteiger partial charge in [-0.2, -0.15) is 5.10 Å². The van der Waals surface area contributed by atoms with Crippen molar-refractivity contribution in [2.24, 2.45) is 5.10 Å². The van der Waals surface area contributed by atoms with Crippen LogP contribution in [0.3, 0.4) is 0 Å². The first kappa shape index (κ1) is 18.9. The van der Waals surface area contributed by atoms with Gasteiger partial charge in [-0.1, -0.05) is 42.0 Å². The van der Waals surface area contributed by atoms with Crippen molar-refractivity contribution in [2.45, 2.75) is 27.3 Å². The fourth-order valence-corrected chi connectivity index (χ4v) is 2.94. The van der Waals surface area contributed by atoms with Crippen LogP contribution < -0.4 is 10.7 Å². The number of hydrazone groups is 1. The Kier molecular flexibility index (Phi) is 6.04. The number of aromatic nitrogens is 1. The molecule has 1 aromatic heterocycles. The van der Waals surface area contributed by atoms with Crippen LogP contribution in [0.1, 0.15) is 27.9 Å². The minimum Gasteiger partial charge on any atom is -0.342 e. The van der Waals surface area contributed by atoms with Crippen LogP contribution in [0.15, 0.2) is 65.9 Å². The van der Waals surface area contributed by atoms with Crippen LogP contribution in [-0.2, 0) is 6.54 Å². The molecule has 0 bridgehead atoms. The molecule has 4 nitrogen and oxygen atoms in total. The summed E-state index contributed by atoms with van der Waals surface area (Å²) in [6.07, 6.45) is 3.83. The standard InChI is InChI=1S/C22H24N4S/c1-16-9-11-19(12-10-16)15-26-13-5-7-20(26)14-23-25-22(27)24-21-8-4-6-17(2)18(21)3/h4-14H,15H2,1-3H3,(H2,24,25,27). The molecule has 0 saturated carbocycles. The minimum absolute atomic E-state index is 0.469. The van der Waals surface area contributed by atoms with Gasteiger partial charge in [0.15, 0.2) is 5.11 Å². The molecule has 0 aliphatic heterocycles. The van der Waals surface area contributed by atoms with E-state index in [0.29, 0.717) is 5.11 Å². The van der Waals surface area contributed by atoms with Crippen LogP contribution in [0, 0.1) is 20.8 Å². The van der Waals surface area contributed by atoms with E-state index in [2.05, 4.69) is 71.5 Å². The van der Waals surface area contributed by atoms with Crippen molar-refractivity contribution in [1.29, 1.82) is 0 Å². The molecule has 0 unspecified atom stereocenters. The molecule has 3 rings (SSSR count). The molecule has 0 aliphatic carbocycles. The average Bonchev–Trinajstić information content (AvgIpc) is 3.08. The Hall–Kier alpha value is -2.92. The highest BCUT2D eigenvalue weighted by Crippen LogP contribution is 2.17. The monoisotopic (exact) mass is 376 g/mol. The highest BCUT2D eigenvalue weighted by atomic mass is 32.1. The number of nitrogens with zero attached hydrogens (tertiary/aromatic N) is 2. The highest BCUT2D eigenvalue weighted by molar-refractivity contribution is 7.80. The van der Waals surface area contributed by atoms with E-state index in [4.69, 9.17) is 12.2 Å². The van der Waals surface area contributed by atoms with Crippen molar-refractivity contribution in [3.05, 3.63) is 88.7 Å². The number of hydrogen-bond acceptors (Lipinski definition) is 2. The molecule has 5 heteroatoms. The first-order valence-electron chi connectivity index (χ1n) is 8.90. The maximum Gasteiger partial charge on any atom is 0.191 e. The molecule has 0 saturated heterocycles. The van der Waals surface area contributed by atoms with Gasteiger partial charge in [0.1, 0.15) is 0 Å². The summed E-state index contributed by atoms with van der Waals surface area (Å²) in [5.74, 6) is 0. The number of rotatable bonds is 5. The Balaban J connectivity index is 1.60. The molecule has 0 radical (unpaired) electrons. The number of hydrogen-bond donors (Lipinski definition) is 2. The lowest BCUT2D eigenvalue weighted by molar-refractivity contribution is 0.798. The SMILES string of the molecule is Cc1ccc(Cn2cccc2C=NNC(=S)Nc2cccc(C)c2C)cc1. The van der Waals surface area contributed by atoms with Crippen LogP contribution in [-0.4, -0.2) is 15.9 Å². The first-order valence-corrected chi connectivity index (χ1v) is 9.31. The maximum atomic E-state index is 5.34. The topological polar surface area (TPSA) is 41.4 Å². The predicted molar refractivity (Wildman–Crippen MR) is 118 cm³/mol. The smallest absolute Gasteiger partial charge is 0.191 e. The zero-order valence-electron chi connectivity index (χ0n) is 15.9. The second-order valence-corrected chi connectivity index (χ2v) is 7.03. The van der Waals surface area contributed by atoms with Crippen LogP contribution in [0.5, 0.6) is 0 Å². The van der Waals surface area contributed by atoms with Crippen molar-refractivity contribution < 1.29 is 0 Å². The molecule has 0 fully saturated rings. The molecule has 0 aliphatic rings. The van der Waals surface area contributed by atoms with Gasteiger partial charge in [-0.05, 0) is 67.9 Å². The average molecular weight is 377 g/mol. The van der Waals surface area contributed by atoms with Crippen LogP contribution in [0.2, 0.25) is 0 Å². The summed E-state index contributed by atoms with van der Waals surface area (Å²) >= 11 is 5.34. The Morgan fingerprint density at radius 2 is 1.81 bits per heavy atom. The Morgan fingerprint density at radius 3 is 2.59 bits per heavy atom. The van der Waals surface area contributed by atoms with Gasteiger partial charge >= 0.3 is 0 Å². The molecule has 2 N–H and O–H groups in total. The highest BCUT2D eigenvalue weighted by Gasteiger charge is 2.03. The quantitative estimate of drug-likeness (QED) is 0.382. The third-order valence-corrected chi connectivity index (χ3v) is 4.75. The third kappa shape index (κ3) is 5.05. The number of aryl methyl sites for hydroxylation is 2. The third-order valence-electron chi connectivity index (χ3n) is 4.55. The molecule has 0 atom stereocenters. The Morgan fingerprint density at radius 1 is 1.04 bits per heavy atom. The lowest BCUT2D eigenvalue weighted by Gasteiger charge is -2.11. The van der Waals surface area contributed by atoms with Gasteiger partial charge in [0, 0.05) is 18.4 Å². The van der Waals surface area contributed by atoms with Gasteiger partial charge < -0.3 is 9.88 Å². The fourth-order valence-electron chi connectivity index (χ4n) is 2.77. The second kappa shape index (κ2) is 8.64. The Labute approximate surface area is 165 Å². The van der Waals surface area contributed by atoms with Gasteiger partial charge in [-0.25, -0.2) is 0 Å². The van der Waals surface area contributed by atoms with E-state index in [-0.39, 0.29) is 0 Å². The Bertz CT molecular complexity index is 955. The molecule has 0 amide bonds. The van der Waals surface area contributed by atoms with Crippen molar-refractivity contribution in [2.75, 3.05) is 5.32 Å². The number of benzene rings is 2. The predicted octanol–water partition coefficient (Wildman–Crippen LogP) is 4.78. The summed E-state index contributed by atoms with van der Waals surface area (Å²) in [5.41, 5.74) is 9.82. The van der Waals surface area contributed by atoms with Gasteiger partial charge in [-0.15, -0.1) is 0 Å². The summed E-state index contributed by atoms with van der Waals surface area (Å²) in [4.78, 5) is 0. The minimum atomic E-state index is 0.469. The van der Waals surface area contributed by atoms with E-state index in [0.717, 1.165) is 17.9 Å². The van der Waals surface area contributed by atoms with E-state index < -0.39 is 0 Å². The zero-order chi connectivity index (χ0) is 19.2. The van der Waals surface area contributed by atoms with E-state index in [9.17, 15) is 0 Å². The van der Waals surface area contributed by atoms with Crippen LogP contribution >= 0.6 is 12.2 Å². The summed E-state index contributed by atoms with van der Waals surface area (Å²) in [6, 6.07) is 18.7. The van der Waals surface area contributed by atoms with E-state index >= 15 is 0 Å². The molecule has 27 heavy (non-hydrogen) atoms. The summed E-state index contributed by atoms with van der Waals surface area (Å²) in [6.45, 7) is 7.05.